The van der Waals surface area contributed by atoms with Crippen molar-refractivity contribution in [3.05, 3.63) is 87.2 Å². The Morgan fingerprint density at radius 2 is 1.95 bits per heavy atom. The minimum Gasteiger partial charge on any atom is -0.370 e. The van der Waals surface area contributed by atoms with E-state index >= 15 is 0 Å². The van der Waals surface area contributed by atoms with Crippen LogP contribution in [-0.4, -0.2) is 38.6 Å². The number of nitrogens with zero attached hydrogens (tertiary/aromatic N) is 5. The van der Waals surface area contributed by atoms with Crippen LogP contribution in [0.15, 0.2) is 47.5 Å². The fourth-order valence-electron chi connectivity index (χ4n) is 4.62. The lowest BCUT2D eigenvalue weighted by Gasteiger charge is -2.38. The quantitative estimate of drug-likeness (QED) is 0.384. The fourth-order valence-corrected chi connectivity index (χ4v) is 4.62. The molecule has 2 aliphatic rings. The number of benzene rings is 1. The molecule has 5 heterocycles. The average molecular weight is 513 g/mol. The second kappa shape index (κ2) is 8.60. The highest BCUT2D eigenvalue weighted by Gasteiger charge is 2.43. The molecular weight excluding hydrogens is 494 g/mol. The molecule has 0 amide bonds. The molecule has 12 heteroatoms. The average Bonchev–Trinajstić information content (AvgIpc) is 3.32. The van der Waals surface area contributed by atoms with E-state index in [1.807, 2.05) is 0 Å². The molecule has 0 bridgehead atoms. The lowest BCUT2D eigenvalue weighted by atomic mass is 10.1. The summed E-state index contributed by atoms with van der Waals surface area (Å²) in [6.07, 6.45) is -1.78. The van der Waals surface area contributed by atoms with Gasteiger partial charge in [-0.1, -0.05) is 0 Å². The molecule has 4 aromatic rings. The first kappa shape index (κ1) is 23.5. The Balaban J connectivity index is 1.54. The highest BCUT2D eigenvalue weighted by molar-refractivity contribution is 5.76. The lowest BCUT2D eigenvalue weighted by molar-refractivity contribution is -0.269. The van der Waals surface area contributed by atoms with Gasteiger partial charge in [0.25, 0.3) is 5.56 Å². The highest BCUT2D eigenvalue weighted by atomic mass is 19.3. The van der Waals surface area contributed by atoms with Crippen LogP contribution in [0.2, 0.25) is 0 Å². The molecule has 3 aromatic heterocycles. The second-order valence-electron chi connectivity index (χ2n) is 8.96. The standard InChI is InChI=1S/C25H19F4N5O3/c1-13-6-14(4-5-30-13)20-8-33(12-25(28,29)37-20)21-9-34-23(31-19-11-36-10-17(19)24(34)35)22(32-21)16-3-2-15(26)7-18(16)27/h2-7,9,20H,8,10-12H2,1H3. The zero-order chi connectivity index (χ0) is 25.9. The third kappa shape index (κ3) is 4.21. The van der Waals surface area contributed by atoms with E-state index in [9.17, 15) is 22.4 Å². The number of rotatable bonds is 3. The monoisotopic (exact) mass is 513 g/mol. The summed E-state index contributed by atoms with van der Waals surface area (Å²) >= 11 is 0. The van der Waals surface area contributed by atoms with Crippen molar-refractivity contribution in [2.24, 2.45) is 0 Å². The SMILES string of the molecule is Cc1cc(C2CN(c3cn4c(=O)c5c(nc4c(-c4ccc(F)cc4F)n3)COC5)CC(F)(F)O2)ccn1. The van der Waals surface area contributed by atoms with Crippen LogP contribution in [0.1, 0.15) is 28.6 Å². The number of fused-ring (bicyclic) bond motifs is 2. The third-order valence-electron chi connectivity index (χ3n) is 6.34. The number of morpholine rings is 1. The summed E-state index contributed by atoms with van der Waals surface area (Å²) in [6.45, 7) is 0.989. The zero-order valence-corrected chi connectivity index (χ0v) is 19.4. The summed E-state index contributed by atoms with van der Waals surface area (Å²) in [5, 5.41) is 0. The van der Waals surface area contributed by atoms with E-state index in [2.05, 4.69) is 15.0 Å². The molecule has 0 radical (unpaired) electrons. The molecule has 1 unspecified atom stereocenters. The number of hydrogen-bond acceptors (Lipinski definition) is 7. The number of hydrogen-bond donors (Lipinski definition) is 0. The third-order valence-corrected chi connectivity index (χ3v) is 6.34. The van der Waals surface area contributed by atoms with Crippen LogP contribution in [0.5, 0.6) is 0 Å². The molecule has 1 aromatic carbocycles. The second-order valence-corrected chi connectivity index (χ2v) is 8.96. The van der Waals surface area contributed by atoms with Crippen LogP contribution in [0, 0.1) is 18.6 Å². The van der Waals surface area contributed by atoms with Gasteiger partial charge in [0.2, 0.25) is 0 Å². The molecule has 190 valence electrons. The topological polar surface area (TPSA) is 81.9 Å². The van der Waals surface area contributed by atoms with Crippen LogP contribution in [0.4, 0.5) is 23.4 Å². The van der Waals surface area contributed by atoms with Crippen molar-refractivity contribution in [2.45, 2.75) is 32.4 Å². The van der Waals surface area contributed by atoms with E-state index in [0.717, 1.165) is 10.5 Å². The van der Waals surface area contributed by atoms with Gasteiger partial charge in [-0.15, -0.1) is 0 Å². The van der Waals surface area contributed by atoms with Crippen molar-refractivity contribution in [1.29, 1.82) is 0 Å². The molecule has 0 N–H and O–H groups in total. The van der Waals surface area contributed by atoms with Crippen LogP contribution in [-0.2, 0) is 22.7 Å². The Morgan fingerprint density at radius 1 is 1.11 bits per heavy atom. The van der Waals surface area contributed by atoms with Crippen molar-refractivity contribution in [3.63, 3.8) is 0 Å². The van der Waals surface area contributed by atoms with Gasteiger partial charge in [-0.3, -0.25) is 14.2 Å². The maximum absolute atomic E-state index is 14.9. The largest absolute Gasteiger partial charge is 0.373 e. The first-order chi connectivity index (χ1) is 17.7. The molecule has 0 aliphatic carbocycles. The Morgan fingerprint density at radius 3 is 2.73 bits per heavy atom. The molecular formula is C25H19F4N5O3. The zero-order valence-electron chi connectivity index (χ0n) is 19.4. The summed E-state index contributed by atoms with van der Waals surface area (Å²) in [7, 11) is 0. The molecule has 1 fully saturated rings. The van der Waals surface area contributed by atoms with E-state index in [1.165, 1.54) is 23.4 Å². The molecule has 1 saturated heterocycles. The first-order valence-corrected chi connectivity index (χ1v) is 11.4. The van der Waals surface area contributed by atoms with Gasteiger partial charge >= 0.3 is 6.11 Å². The summed E-state index contributed by atoms with van der Waals surface area (Å²) in [6, 6.07) is 6.13. The molecule has 0 spiro atoms. The number of ether oxygens (including phenoxy) is 2. The summed E-state index contributed by atoms with van der Waals surface area (Å²) in [5.41, 5.74) is 1.13. The fraction of sp³-hybridized carbons (Fsp3) is 0.280. The van der Waals surface area contributed by atoms with Crippen LogP contribution >= 0.6 is 0 Å². The van der Waals surface area contributed by atoms with E-state index in [4.69, 9.17) is 9.47 Å². The van der Waals surface area contributed by atoms with Crippen LogP contribution in [0.25, 0.3) is 16.9 Å². The minimum absolute atomic E-state index is 0.00448. The van der Waals surface area contributed by atoms with Crippen molar-refractivity contribution >= 4 is 11.5 Å². The number of alkyl halides is 2. The van der Waals surface area contributed by atoms with Gasteiger partial charge < -0.3 is 14.4 Å². The van der Waals surface area contributed by atoms with E-state index in [0.29, 0.717) is 28.6 Å². The van der Waals surface area contributed by atoms with Crippen molar-refractivity contribution in [3.8, 4) is 11.3 Å². The number of aromatic nitrogens is 4. The number of pyridine rings is 1. The van der Waals surface area contributed by atoms with Gasteiger partial charge in [-0.25, -0.2) is 18.7 Å². The Bertz CT molecular complexity index is 1610. The minimum atomic E-state index is -3.55. The first-order valence-electron chi connectivity index (χ1n) is 11.4. The Labute approximate surface area is 207 Å². The van der Waals surface area contributed by atoms with Gasteiger partial charge in [0.05, 0.1) is 37.2 Å². The molecule has 2 aliphatic heterocycles. The lowest BCUT2D eigenvalue weighted by Crippen LogP contribution is -2.48. The Hall–Kier alpha value is -3.90. The smallest absolute Gasteiger partial charge is 0.370 e. The summed E-state index contributed by atoms with van der Waals surface area (Å²) < 4.78 is 69.6. The molecule has 0 saturated carbocycles. The maximum atomic E-state index is 14.9. The molecule has 1 atom stereocenters. The normalized spacial score (nSPS) is 18.8. The van der Waals surface area contributed by atoms with Gasteiger partial charge in [-0.2, -0.15) is 8.78 Å². The van der Waals surface area contributed by atoms with Crippen LogP contribution < -0.4 is 10.5 Å². The number of anilines is 1. The van der Waals surface area contributed by atoms with Gasteiger partial charge in [-0.05, 0) is 36.8 Å². The van der Waals surface area contributed by atoms with Crippen molar-refractivity contribution in [2.75, 3.05) is 18.0 Å². The van der Waals surface area contributed by atoms with Gasteiger partial charge in [0, 0.05) is 23.5 Å². The summed E-state index contributed by atoms with van der Waals surface area (Å²) in [4.78, 5) is 27.6. The maximum Gasteiger partial charge on any atom is 0.373 e. The highest BCUT2D eigenvalue weighted by Crippen LogP contribution is 2.36. The molecule has 6 rings (SSSR count). The van der Waals surface area contributed by atoms with E-state index in [-0.39, 0.29) is 42.5 Å². The predicted molar refractivity (Wildman–Crippen MR) is 123 cm³/mol. The van der Waals surface area contributed by atoms with Crippen LogP contribution in [0.3, 0.4) is 0 Å². The Kier molecular flexibility index (Phi) is 5.46. The summed E-state index contributed by atoms with van der Waals surface area (Å²) in [5.74, 6) is -1.76. The van der Waals surface area contributed by atoms with Crippen molar-refractivity contribution < 1.29 is 27.0 Å². The molecule has 37 heavy (non-hydrogen) atoms. The van der Waals surface area contributed by atoms with Gasteiger partial charge in [0.1, 0.15) is 35.8 Å². The van der Waals surface area contributed by atoms with Gasteiger partial charge in [0.15, 0.2) is 5.65 Å². The molecule has 8 nitrogen and oxygen atoms in total. The van der Waals surface area contributed by atoms with E-state index in [1.54, 1.807) is 19.1 Å². The predicted octanol–water partition coefficient (Wildman–Crippen LogP) is 3.94. The van der Waals surface area contributed by atoms with Crippen molar-refractivity contribution in [1.82, 2.24) is 19.4 Å². The number of aryl methyl sites for hydroxylation is 1. The van der Waals surface area contributed by atoms with E-state index < -0.39 is 36.0 Å². The number of halogens is 4.